The van der Waals surface area contributed by atoms with E-state index in [-0.39, 0.29) is 12.8 Å². The van der Waals surface area contributed by atoms with Gasteiger partial charge >= 0.3 is 19.8 Å². The fourth-order valence-electron chi connectivity index (χ4n) is 6.19. The highest BCUT2D eigenvalue weighted by Crippen LogP contribution is 2.43. The fraction of sp³-hybridized carbons (Fsp3) is 0.841. The third kappa shape index (κ3) is 38.8. The number of rotatable bonds is 42. The number of phosphoric ester groups is 1. The van der Waals surface area contributed by atoms with Crippen molar-refractivity contribution >= 4 is 25.7 Å². The number of aliphatic hydroxyl groups is 1. The number of ether oxygens (including phenoxy) is 1. The molecule has 0 spiro atoms. The minimum Gasteiger partial charge on any atom is -0.480 e. The van der Waals surface area contributed by atoms with Gasteiger partial charge in [0.25, 0.3) is 0 Å². The molecule has 0 bridgehead atoms. The Morgan fingerprint density at radius 2 is 0.929 bits per heavy atom. The standard InChI is InChI=1S/C44H82NO10P/c1-3-5-7-9-11-13-15-17-19-20-22-23-25-27-29-31-33-35-42(47)45-41(44(49)50)39-55-56(51,52)54-38-40(46)37-53-43(48)36-34-32-30-28-26-24-21-18-16-14-12-10-8-6-4-2/h17-19,21,40-41,46H,3-16,20,22-39H2,1-2H3,(H,45,47)(H,49,50)(H,51,52)/b19-17-,21-18-. The number of amides is 1. The molecule has 0 heterocycles. The number of aliphatic carboxylic acids is 1. The summed E-state index contributed by atoms with van der Waals surface area (Å²) in [6.45, 7) is 2.58. The van der Waals surface area contributed by atoms with Gasteiger partial charge in [0.2, 0.25) is 5.91 Å². The highest BCUT2D eigenvalue weighted by Gasteiger charge is 2.28. The molecule has 0 saturated carbocycles. The summed E-state index contributed by atoms with van der Waals surface area (Å²) in [4.78, 5) is 45.9. The van der Waals surface area contributed by atoms with Crippen LogP contribution in [0.25, 0.3) is 0 Å². The van der Waals surface area contributed by atoms with Crippen molar-refractivity contribution in [3.05, 3.63) is 24.3 Å². The largest absolute Gasteiger partial charge is 0.480 e. The number of aliphatic hydroxyl groups excluding tert-OH is 1. The van der Waals surface area contributed by atoms with Crippen LogP contribution in [0, 0.1) is 0 Å². The molecule has 3 atom stereocenters. The van der Waals surface area contributed by atoms with E-state index >= 15 is 0 Å². The van der Waals surface area contributed by atoms with E-state index in [0.29, 0.717) is 12.8 Å². The number of carboxylic acids is 1. The molecule has 0 aromatic carbocycles. The van der Waals surface area contributed by atoms with E-state index in [1.165, 1.54) is 96.3 Å². The first-order valence-electron chi connectivity index (χ1n) is 22.4. The maximum absolute atomic E-state index is 12.3. The maximum atomic E-state index is 12.3. The monoisotopic (exact) mass is 816 g/mol. The number of hydrogen-bond donors (Lipinski definition) is 4. The zero-order valence-electron chi connectivity index (χ0n) is 35.4. The summed E-state index contributed by atoms with van der Waals surface area (Å²) in [7, 11) is -4.76. The van der Waals surface area contributed by atoms with Crippen molar-refractivity contribution in [3.63, 3.8) is 0 Å². The molecular weight excluding hydrogens is 733 g/mol. The lowest BCUT2D eigenvalue weighted by Gasteiger charge is -2.18. The molecule has 0 fully saturated rings. The van der Waals surface area contributed by atoms with Crippen molar-refractivity contribution in [3.8, 4) is 0 Å². The first-order valence-corrected chi connectivity index (χ1v) is 23.9. The third-order valence-electron chi connectivity index (χ3n) is 9.71. The summed E-state index contributed by atoms with van der Waals surface area (Å²) < 4.78 is 26.8. The molecule has 0 aromatic rings. The van der Waals surface area contributed by atoms with Crippen LogP contribution in [0.4, 0.5) is 0 Å². The van der Waals surface area contributed by atoms with Gasteiger partial charge in [0.05, 0.1) is 13.2 Å². The van der Waals surface area contributed by atoms with Gasteiger partial charge in [0.1, 0.15) is 12.7 Å². The topological polar surface area (TPSA) is 169 Å². The van der Waals surface area contributed by atoms with Crippen molar-refractivity contribution in [2.75, 3.05) is 19.8 Å². The minimum absolute atomic E-state index is 0.142. The summed E-state index contributed by atoms with van der Waals surface area (Å²) >= 11 is 0. The SMILES string of the molecule is CCCCCCCC/C=C\CCCCCCCCCC(=O)NC(COP(=O)(O)OCC(O)COC(=O)CCCCCCC/C=C\CCCCCCCC)C(=O)O. The Labute approximate surface area is 340 Å². The molecule has 328 valence electrons. The van der Waals surface area contributed by atoms with E-state index in [2.05, 4.69) is 43.5 Å². The van der Waals surface area contributed by atoms with Crippen molar-refractivity contribution in [2.45, 2.75) is 219 Å². The van der Waals surface area contributed by atoms with Gasteiger partial charge in [-0.3, -0.25) is 18.6 Å². The molecule has 56 heavy (non-hydrogen) atoms. The Hall–Kier alpha value is -2.04. The van der Waals surface area contributed by atoms with Crippen LogP contribution in [0.1, 0.15) is 206 Å². The molecular formula is C44H82NO10P. The van der Waals surface area contributed by atoms with Crippen LogP contribution in [0.3, 0.4) is 0 Å². The molecule has 3 unspecified atom stereocenters. The summed E-state index contributed by atoms with van der Waals surface area (Å²) in [6.07, 6.45) is 40.5. The zero-order chi connectivity index (χ0) is 41.4. The van der Waals surface area contributed by atoms with Gasteiger partial charge < -0.3 is 25.2 Å². The number of esters is 1. The molecule has 0 aliphatic heterocycles. The molecule has 4 N–H and O–H groups in total. The van der Waals surface area contributed by atoms with Crippen LogP contribution < -0.4 is 5.32 Å². The van der Waals surface area contributed by atoms with Gasteiger partial charge in [-0.15, -0.1) is 0 Å². The van der Waals surface area contributed by atoms with Crippen LogP contribution in [0.2, 0.25) is 0 Å². The predicted octanol–water partition coefficient (Wildman–Crippen LogP) is 11.4. The van der Waals surface area contributed by atoms with E-state index in [0.717, 1.165) is 70.6 Å². The number of hydrogen-bond acceptors (Lipinski definition) is 8. The van der Waals surface area contributed by atoms with Gasteiger partial charge in [-0.05, 0) is 64.2 Å². The Morgan fingerprint density at radius 1 is 0.554 bits per heavy atom. The lowest BCUT2D eigenvalue weighted by Crippen LogP contribution is -2.43. The first kappa shape index (κ1) is 54.0. The van der Waals surface area contributed by atoms with E-state index in [1.54, 1.807) is 0 Å². The maximum Gasteiger partial charge on any atom is 0.472 e. The normalized spacial score (nSPS) is 13.9. The van der Waals surface area contributed by atoms with Gasteiger partial charge in [-0.1, -0.05) is 154 Å². The van der Waals surface area contributed by atoms with Crippen molar-refractivity contribution < 1.29 is 47.8 Å². The van der Waals surface area contributed by atoms with Crippen LogP contribution >= 0.6 is 7.82 Å². The lowest BCUT2D eigenvalue weighted by atomic mass is 10.1. The summed E-state index contributed by atoms with van der Waals surface area (Å²) in [5.74, 6) is -2.38. The molecule has 0 radical (unpaired) electrons. The van der Waals surface area contributed by atoms with Crippen molar-refractivity contribution in [1.82, 2.24) is 5.32 Å². The van der Waals surface area contributed by atoms with Gasteiger partial charge in [-0.25, -0.2) is 9.36 Å². The highest BCUT2D eigenvalue weighted by atomic mass is 31.2. The molecule has 0 aliphatic carbocycles. The number of unbranched alkanes of at least 4 members (excludes halogenated alkanes) is 24. The summed E-state index contributed by atoms with van der Waals surface area (Å²) in [5, 5.41) is 21.8. The van der Waals surface area contributed by atoms with E-state index in [1.807, 2.05) is 0 Å². The average Bonchev–Trinajstić information content (AvgIpc) is 3.17. The second kappa shape index (κ2) is 39.8. The number of allylic oxidation sites excluding steroid dienone is 4. The van der Waals surface area contributed by atoms with E-state index in [9.17, 15) is 34.1 Å². The quantitative estimate of drug-likeness (QED) is 0.0201. The van der Waals surface area contributed by atoms with Gasteiger partial charge in [-0.2, -0.15) is 0 Å². The van der Waals surface area contributed by atoms with Crippen LogP contribution in [-0.2, 0) is 32.7 Å². The molecule has 12 heteroatoms. The van der Waals surface area contributed by atoms with E-state index in [4.69, 9.17) is 13.8 Å². The molecule has 11 nitrogen and oxygen atoms in total. The molecule has 0 saturated heterocycles. The van der Waals surface area contributed by atoms with Crippen molar-refractivity contribution in [1.29, 1.82) is 0 Å². The first-order chi connectivity index (χ1) is 27.1. The highest BCUT2D eigenvalue weighted by molar-refractivity contribution is 7.47. The minimum atomic E-state index is -4.76. The third-order valence-corrected chi connectivity index (χ3v) is 10.7. The molecule has 0 aromatic heterocycles. The molecule has 1 amide bonds. The van der Waals surface area contributed by atoms with Gasteiger partial charge in [0.15, 0.2) is 6.04 Å². The predicted molar refractivity (Wildman–Crippen MR) is 226 cm³/mol. The van der Waals surface area contributed by atoms with Gasteiger partial charge in [0, 0.05) is 12.8 Å². The van der Waals surface area contributed by atoms with Crippen LogP contribution in [0.5, 0.6) is 0 Å². The number of nitrogens with one attached hydrogen (secondary N) is 1. The van der Waals surface area contributed by atoms with Crippen LogP contribution in [-0.4, -0.2) is 64.9 Å². The summed E-state index contributed by atoms with van der Waals surface area (Å²) in [5.41, 5.74) is 0. The Morgan fingerprint density at radius 3 is 1.36 bits per heavy atom. The number of carbonyl (C=O) groups is 3. The number of carbonyl (C=O) groups excluding carboxylic acids is 2. The van der Waals surface area contributed by atoms with Crippen molar-refractivity contribution in [2.24, 2.45) is 0 Å². The fourth-order valence-corrected chi connectivity index (χ4v) is 6.96. The zero-order valence-corrected chi connectivity index (χ0v) is 36.3. The number of carboxylic acid groups (broad SMARTS) is 1. The molecule has 0 aliphatic rings. The second-order valence-electron chi connectivity index (χ2n) is 15.2. The lowest BCUT2D eigenvalue weighted by molar-refractivity contribution is -0.147. The second-order valence-corrected chi connectivity index (χ2v) is 16.7. The molecule has 0 rings (SSSR count). The Kier molecular flexibility index (Phi) is 38.3. The number of phosphoric acid groups is 1. The Bertz CT molecular complexity index is 1050. The Balaban J connectivity index is 3.91. The summed E-state index contributed by atoms with van der Waals surface area (Å²) in [6, 6.07) is -1.55. The smallest absolute Gasteiger partial charge is 0.472 e. The van der Waals surface area contributed by atoms with Crippen LogP contribution in [0.15, 0.2) is 24.3 Å². The van der Waals surface area contributed by atoms with E-state index < -0.39 is 57.6 Å². The average molecular weight is 816 g/mol.